The molecule has 2 aromatic rings. The fraction of sp³-hybridized carbons (Fsp3) is 0.263. The summed E-state index contributed by atoms with van der Waals surface area (Å²) in [4.78, 5) is 19.7. The minimum atomic E-state index is 0.0227. The van der Waals surface area contributed by atoms with E-state index in [1.807, 2.05) is 55.6 Å². The molecule has 2 heterocycles. The fourth-order valence-electron chi connectivity index (χ4n) is 2.47. The molecule has 1 saturated heterocycles. The van der Waals surface area contributed by atoms with Crippen LogP contribution in [0.1, 0.15) is 32.4 Å². The smallest absolute Gasteiger partial charge is 0.266 e. The molecule has 0 atom stereocenters. The van der Waals surface area contributed by atoms with Gasteiger partial charge in [0.25, 0.3) is 5.91 Å². The van der Waals surface area contributed by atoms with E-state index < -0.39 is 0 Å². The van der Waals surface area contributed by atoms with Crippen molar-refractivity contribution in [2.45, 2.75) is 26.8 Å². The number of aromatic nitrogens is 1. The maximum atomic E-state index is 12.6. The van der Waals surface area contributed by atoms with Crippen LogP contribution in [0, 0.1) is 0 Å². The second kappa shape index (κ2) is 7.09. The van der Waals surface area contributed by atoms with Gasteiger partial charge in [0.15, 0.2) is 5.17 Å². The average molecular weight is 339 g/mol. The number of amidine groups is 1. The number of carbonyl (C=O) groups excluding carboxylic acids is 1. The molecule has 0 spiro atoms. The number of hydrogen-bond donors (Lipinski definition) is 0. The van der Waals surface area contributed by atoms with Crippen molar-refractivity contribution >= 4 is 34.6 Å². The lowest BCUT2D eigenvalue weighted by Gasteiger charge is -2.11. The second-order valence-corrected chi connectivity index (χ2v) is 6.88. The van der Waals surface area contributed by atoms with Crippen LogP contribution in [-0.2, 0) is 4.79 Å². The summed E-state index contributed by atoms with van der Waals surface area (Å²) in [5.74, 6) is 0.0227. The lowest BCUT2D eigenvalue weighted by atomic mass is 10.3. The number of benzene rings is 1. The Hall–Kier alpha value is -2.27. The number of thioether (sulfide) groups is 1. The lowest BCUT2D eigenvalue weighted by molar-refractivity contribution is -0.122. The van der Waals surface area contributed by atoms with Gasteiger partial charge in [-0.25, -0.2) is 4.99 Å². The largest absolute Gasteiger partial charge is 0.351 e. The maximum absolute atomic E-state index is 12.6. The Morgan fingerprint density at radius 1 is 1.21 bits per heavy atom. The third-order valence-electron chi connectivity index (χ3n) is 3.82. The van der Waals surface area contributed by atoms with Gasteiger partial charge in [-0.3, -0.25) is 9.69 Å². The zero-order chi connectivity index (χ0) is 17.1. The van der Waals surface area contributed by atoms with Gasteiger partial charge >= 0.3 is 0 Å². The molecule has 4 nitrogen and oxygen atoms in total. The molecule has 1 aromatic carbocycles. The normalized spacial score (nSPS) is 18.3. The standard InChI is InChI=1S/C19H21N3OS/c1-4-22-18(23)17(12-15-10-11-21(13-15)14(2)3)24-19(22)20-16-8-6-5-7-9-16/h5-14H,4H2,1-3H3/b17-12+,20-19?. The molecule has 5 heteroatoms. The minimum Gasteiger partial charge on any atom is -0.351 e. The number of likely N-dealkylation sites (N-methyl/N-ethyl adjacent to an activating group) is 1. The van der Waals surface area contributed by atoms with Gasteiger partial charge in [-0.1, -0.05) is 18.2 Å². The molecule has 1 aromatic heterocycles. The average Bonchev–Trinajstić information content (AvgIpc) is 3.14. The molecule has 1 aliphatic rings. The molecule has 0 bridgehead atoms. The van der Waals surface area contributed by atoms with Gasteiger partial charge in [0, 0.05) is 25.0 Å². The minimum absolute atomic E-state index is 0.0227. The van der Waals surface area contributed by atoms with E-state index >= 15 is 0 Å². The molecule has 0 N–H and O–H groups in total. The summed E-state index contributed by atoms with van der Waals surface area (Å²) < 4.78 is 2.13. The van der Waals surface area contributed by atoms with Crippen LogP contribution >= 0.6 is 11.8 Å². The molecule has 1 aliphatic heterocycles. The molecule has 1 amide bonds. The van der Waals surface area contributed by atoms with Gasteiger partial charge < -0.3 is 4.57 Å². The summed E-state index contributed by atoms with van der Waals surface area (Å²) in [6.45, 7) is 6.85. The van der Waals surface area contributed by atoms with Crippen LogP contribution in [0.3, 0.4) is 0 Å². The Balaban J connectivity index is 1.89. The number of carbonyl (C=O) groups is 1. The SMILES string of the molecule is CCN1C(=O)/C(=C\c2ccn(C(C)C)c2)SC1=Nc1ccccc1. The Labute approximate surface area is 146 Å². The lowest BCUT2D eigenvalue weighted by Crippen LogP contribution is -2.28. The van der Waals surface area contributed by atoms with E-state index in [4.69, 9.17) is 0 Å². The number of amides is 1. The van der Waals surface area contributed by atoms with Crippen LogP contribution in [0.4, 0.5) is 5.69 Å². The summed E-state index contributed by atoms with van der Waals surface area (Å²) in [7, 11) is 0. The molecule has 24 heavy (non-hydrogen) atoms. The zero-order valence-electron chi connectivity index (χ0n) is 14.1. The van der Waals surface area contributed by atoms with Crippen LogP contribution in [0.5, 0.6) is 0 Å². The highest BCUT2D eigenvalue weighted by Gasteiger charge is 2.32. The van der Waals surface area contributed by atoms with Crippen LogP contribution < -0.4 is 0 Å². The van der Waals surface area contributed by atoms with Gasteiger partial charge in [-0.15, -0.1) is 0 Å². The molecule has 0 radical (unpaired) electrons. The monoisotopic (exact) mass is 339 g/mol. The number of rotatable bonds is 4. The first-order valence-electron chi connectivity index (χ1n) is 8.11. The molecular weight excluding hydrogens is 318 g/mol. The number of para-hydroxylation sites is 1. The molecule has 0 saturated carbocycles. The van der Waals surface area contributed by atoms with Crippen molar-refractivity contribution in [1.82, 2.24) is 9.47 Å². The van der Waals surface area contributed by atoms with E-state index in [1.54, 1.807) is 4.90 Å². The van der Waals surface area contributed by atoms with E-state index in [2.05, 4.69) is 29.6 Å². The summed E-state index contributed by atoms with van der Waals surface area (Å²) in [6.07, 6.45) is 6.05. The Bertz CT molecular complexity index is 790. The van der Waals surface area contributed by atoms with E-state index in [0.717, 1.165) is 16.4 Å². The van der Waals surface area contributed by atoms with Crippen molar-refractivity contribution in [3.8, 4) is 0 Å². The highest BCUT2D eigenvalue weighted by Crippen LogP contribution is 2.34. The van der Waals surface area contributed by atoms with Gasteiger partial charge in [0.2, 0.25) is 0 Å². The number of hydrogen-bond acceptors (Lipinski definition) is 3. The third-order valence-corrected chi connectivity index (χ3v) is 4.82. The van der Waals surface area contributed by atoms with E-state index in [-0.39, 0.29) is 5.91 Å². The molecule has 1 fully saturated rings. The summed E-state index contributed by atoms with van der Waals surface area (Å²) in [5, 5.41) is 0.739. The predicted octanol–water partition coefficient (Wildman–Crippen LogP) is 4.69. The van der Waals surface area contributed by atoms with Crippen LogP contribution in [-0.4, -0.2) is 27.1 Å². The van der Waals surface area contributed by atoms with E-state index in [1.165, 1.54) is 11.8 Å². The molecule has 0 aliphatic carbocycles. The Kier molecular flexibility index (Phi) is 4.90. The number of aliphatic imine (C=N–C) groups is 1. The van der Waals surface area contributed by atoms with Gasteiger partial charge in [0.1, 0.15) is 0 Å². The quantitative estimate of drug-likeness (QED) is 0.758. The Morgan fingerprint density at radius 2 is 1.96 bits per heavy atom. The molecule has 124 valence electrons. The van der Waals surface area contributed by atoms with Crippen LogP contribution in [0.15, 0.2) is 58.7 Å². The topological polar surface area (TPSA) is 37.6 Å². The van der Waals surface area contributed by atoms with Crippen molar-refractivity contribution in [2.75, 3.05) is 6.54 Å². The first kappa shape index (κ1) is 16.6. The highest BCUT2D eigenvalue weighted by atomic mass is 32.2. The van der Waals surface area contributed by atoms with Crippen molar-refractivity contribution in [1.29, 1.82) is 0 Å². The van der Waals surface area contributed by atoms with Crippen molar-refractivity contribution in [3.05, 3.63) is 59.3 Å². The van der Waals surface area contributed by atoms with E-state index in [9.17, 15) is 4.79 Å². The maximum Gasteiger partial charge on any atom is 0.266 e. The van der Waals surface area contributed by atoms with Gasteiger partial charge in [0.05, 0.1) is 10.6 Å². The Morgan fingerprint density at radius 3 is 2.58 bits per heavy atom. The second-order valence-electron chi connectivity index (χ2n) is 5.88. The zero-order valence-corrected chi connectivity index (χ0v) is 15.0. The summed E-state index contributed by atoms with van der Waals surface area (Å²) >= 11 is 1.44. The first-order chi connectivity index (χ1) is 11.6. The molecular formula is C19H21N3OS. The van der Waals surface area contributed by atoms with Gasteiger partial charge in [-0.2, -0.15) is 0 Å². The number of nitrogens with zero attached hydrogens (tertiary/aromatic N) is 3. The molecule has 0 unspecified atom stereocenters. The highest BCUT2D eigenvalue weighted by molar-refractivity contribution is 8.18. The summed E-state index contributed by atoms with van der Waals surface area (Å²) in [5.41, 5.74) is 1.90. The first-order valence-corrected chi connectivity index (χ1v) is 8.92. The predicted molar refractivity (Wildman–Crippen MR) is 101 cm³/mol. The van der Waals surface area contributed by atoms with Crippen molar-refractivity contribution in [2.24, 2.45) is 4.99 Å². The van der Waals surface area contributed by atoms with Crippen LogP contribution in [0.2, 0.25) is 0 Å². The van der Waals surface area contributed by atoms with E-state index in [0.29, 0.717) is 17.5 Å². The van der Waals surface area contributed by atoms with Crippen molar-refractivity contribution in [3.63, 3.8) is 0 Å². The third kappa shape index (κ3) is 3.46. The fourth-order valence-corrected chi connectivity index (χ4v) is 3.53. The van der Waals surface area contributed by atoms with Crippen molar-refractivity contribution < 1.29 is 4.79 Å². The van der Waals surface area contributed by atoms with Crippen LogP contribution in [0.25, 0.3) is 6.08 Å². The van der Waals surface area contributed by atoms with Gasteiger partial charge in [-0.05, 0) is 62.4 Å². The summed E-state index contributed by atoms with van der Waals surface area (Å²) in [6, 6.07) is 12.2. The molecule has 3 rings (SSSR count).